The van der Waals surface area contributed by atoms with Gasteiger partial charge in [0.05, 0.1) is 5.68 Å². The van der Waals surface area contributed by atoms with Crippen LogP contribution >= 0.6 is 0 Å². The van der Waals surface area contributed by atoms with Gasteiger partial charge in [-0.2, -0.15) is 0 Å². The molecule has 0 spiro atoms. The topological polar surface area (TPSA) is 57.5 Å². The Morgan fingerprint density at radius 2 is 2.00 bits per heavy atom. The molecule has 0 saturated carbocycles. The van der Waals surface area contributed by atoms with Crippen molar-refractivity contribution in [3.63, 3.8) is 0 Å². The van der Waals surface area contributed by atoms with Crippen molar-refractivity contribution in [1.29, 1.82) is 0 Å². The Kier molecular flexibility index (Phi) is 16.0. The average molecular weight is 274 g/mol. The number of amides is 1. The van der Waals surface area contributed by atoms with E-state index in [1.807, 2.05) is 0 Å². The molecule has 1 amide bonds. The summed E-state index contributed by atoms with van der Waals surface area (Å²) in [4.78, 5) is 21.2. The van der Waals surface area contributed by atoms with Crippen molar-refractivity contribution in [2.75, 3.05) is 13.7 Å². The number of rotatable bonds is 5. The van der Waals surface area contributed by atoms with Crippen molar-refractivity contribution in [3.8, 4) is 0 Å². The molecule has 14 heavy (non-hydrogen) atoms. The van der Waals surface area contributed by atoms with Crippen molar-refractivity contribution < 1.29 is 47.0 Å². The molecule has 1 unspecified atom stereocenters. The maximum Gasteiger partial charge on any atom is 0.264 e. The largest absolute Gasteiger partial charge is 0.660 e. The quantitative estimate of drug-likeness (QED) is 0.712. The summed E-state index contributed by atoms with van der Waals surface area (Å²) in [5.41, 5.74) is -0.284. The summed E-state index contributed by atoms with van der Waals surface area (Å²) in [6, 6.07) is 0. The third kappa shape index (κ3) is 12.3. The molecule has 0 rings (SSSR count). The molecule has 0 aliphatic heterocycles. The molecule has 0 aliphatic carbocycles. The van der Waals surface area contributed by atoms with E-state index >= 15 is 0 Å². The van der Waals surface area contributed by atoms with Gasteiger partial charge in [-0.15, -0.1) is 6.54 Å². The average Bonchev–Trinajstić information content (AvgIpc) is 1.99. The van der Waals surface area contributed by atoms with Gasteiger partial charge >= 0.3 is 0 Å². The Morgan fingerprint density at radius 1 is 1.50 bits per heavy atom. The zero-order valence-electron chi connectivity index (χ0n) is 8.11. The molecule has 0 bridgehead atoms. The molecule has 6 heteroatoms. The molecule has 0 aliphatic rings. The van der Waals surface area contributed by atoms with E-state index in [1.165, 1.54) is 6.92 Å². The van der Waals surface area contributed by atoms with Crippen molar-refractivity contribution in [1.82, 2.24) is 0 Å². The minimum atomic E-state index is -0.494. The van der Waals surface area contributed by atoms with Gasteiger partial charge in [-0.3, -0.25) is 0 Å². The van der Waals surface area contributed by atoms with Crippen LogP contribution in [-0.4, -0.2) is 38.5 Å². The van der Waals surface area contributed by atoms with E-state index in [9.17, 15) is 9.59 Å². The van der Waals surface area contributed by atoms with Crippen LogP contribution in [0.15, 0.2) is 0 Å². The molecule has 1 atom stereocenters. The first-order chi connectivity index (χ1) is 5.56. The summed E-state index contributed by atoms with van der Waals surface area (Å²) in [6.07, 6.45) is -0.0886. The van der Waals surface area contributed by atoms with Crippen LogP contribution in [-0.2, 0) is 42.2 Å². The van der Waals surface area contributed by atoms with E-state index in [0.29, 0.717) is 6.54 Å². The molecule has 78 valence electrons. The maximum absolute atomic E-state index is 10.8. The van der Waals surface area contributed by atoms with Crippen LogP contribution in [0, 0.1) is 0 Å². The first-order valence-electron chi connectivity index (χ1n) is 3.65. The molecule has 2 radical (unpaired) electrons. The van der Waals surface area contributed by atoms with Gasteiger partial charge in [0, 0.05) is 51.7 Å². The van der Waals surface area contributed by atoms with Crippen molar-refractivity contribution in [3.05, 3.63) is 5.32 Å². The summed E-state index contributed by atoms with van der Waals surface area (Å²) in [6.45, 7) is 3.40. The molecule has 0 fully saturated rings. The molecule has 0 aromatic heterocycles. The van der Waals surface area contributed by atoms with E-state index < -0.39 is 5.81 Å². The third-order valence-electron chi connectivity index (χ3n) is 1.23. The number of methoxy groups -OCH3 is 1. The van der Waals surface area contributed by atoms with E-state index in [2.05, 4.69) is 5.32 Å². The number of carbonyl (C=O) groups excluding carboxylic acids is 2. The predicted octanol–water partition coefficient (Wildman–Crippen LogP) is 1.40. The van der Waals surface area contributed by atoms with Crippen LogP contribution in [0.25, 0.3) is 5.32 Å². The monoisotopic (exact) mass is 274 g/mol. The Balaban J connectivity index is -0.000000605. The van der Waals surface area contributed by atoms with Crippen LogP contribution in [0.3, 0.4) is 0 Å². The normalized spacial score (nSPS) is 10.2. The zero-order chi connectivity index (χ0) is 9.56. The zero-order valence-corrected chi connectivity index (χ0v) is 10.9. The number of nitrogens with zero attached hydrogens (tertiary/aromatic N) is 1. The van der Waals surface area contributed by atoms with Gasteiger partial charge in [0.1, 0.15) is 0 Å². The van der Waals surface area contributed by atoms with Crippen LogP contribution in [0.1, 0.15) is 21.3 Å². The van der Waals surface area contributed by atoms with E-state index in [1.54, 1.807) is 14.0 Å². The fourth-order valence-corrected chi connectivity index (χ4v) is 0.513. The van der Waals surface area contributed by atoms with Crippen molar-refractivity contribution in [2.45, 2.75) is 27.4 Å². The number of ether oxygens (including phenoxy) is 1. The standard InChI is InChI=1S/C7H13BNO3.CH4.Y/c1-5(12-3)4-9-7(11)8-6(2)10;;/h5H,4H2,1-3H3,(H,9,11);1H4;/p-1. The first-order valence-corrected chi connectivity index (χ1v) is 3.65. The summed E-state index contributed by atoms with van der Waals surface area (Å²) in [5, 5.41) is 3.59. The van der Waals surface area contributed by atoms with Crippen LogP contribution in [0.5, 0.6) is 0 Å². The van der Waals surface area contributed by atoms with Gasteiger partial charge in [-0.25, -0.2) is 0 Å². The minimum Gasteiger partial charge on any atom is -0.660 e. The van der Waals surface area contributed by atoms with E-state index in [0.717, 1.165) is 7.28 Å². The molecule has 0 saturated heterocycles. The second-order valence-electron chi connectivity index (χ2n) is 2.48. The number of hydrogen-bond acceptors (Lipinski definition) is 3. The molecule has 4 nitrogen and oxygen atoms in total. The fraction of sp³-hybridized carbons (Fsp3) is 0.750. The van der Waals surface area contributed by atoms with E-state index in [4.69, 9.17) is 4.74 Å². The number of carbonyl (C=O) groups is 2. The first kappa shape index (κ1) is 19.8. The third-order valence-corrected chi connectivity index (χ3v) is 1.23. The molecule has 0 heterocycles. The number of hydrogen-bond donors (Lipinski definition) is 0. The van der Waals surface area contributed by atoms with Crippen LogP contribution < -0.4 is 0 Å². The SMILES string of the molecule is C.COC(C)C[N-]C(=O)[B]C(C)=O.[Y]. The molecule has 0 N–H and O–H groups in total. The van der Waals surface area contributed by atoms with E-state index in [-0.39, 0.29) is 51.9 Å². The fourth-order valence-electron chi connectivity index (χ4n) is 0.513. The Labute approximate surface area is 112 Å². The van der Waals surface area contributed by atoms with Crippen LogP contribution in [0.2, 0.25) is 0 Å². The summed E-state index contributed by atoms with van der Waals surface area (Å²) >= 11 is 0. The van der Waals surface area contributed by atoms with Gasteiger partial charge < -0.3 is 19.6 Å². The van der Waals surface area contributed by atoms with Crippen molar-refractivity contribution >= 4 is 18.8 Å². The Morgan fingerprint density at radius 3 is 2.36 bits per heavy atom. The molecule has 0 aromatic carbocycles. The summed E-state index contributed by atoms with van der Waals surface area (Å²) in [7, 11) is 2.50. The van der Waals surface area contributed by atoms with Gasteiger partial charge in [-0.05, 0) is 13.8 Å². The predicted molar refractivity (Wildman–Crippen MR) is 53.3 cm³/mol. The van der Waals surface area contributed by atoms with Gasteiger partial charge in [0.2, 0.25) is 0 Å². The van der Waals surface area contributed by atoms with Gasteiger partial charge in [0.15, 0.2) is 0 Å². The Hall–Kier alpha value is 0.269. The Bertz CT molecular complexity index is 178. The molecular weight excluding hydrogens is 258 g/mol. The van der Waals surface area contributed by atoms with Crippen LogP contribution in [0.4, 0.5) is 4.79 Å². The van der Waals surface area contributed by atoms with Gasteiger partial charge in [-0.1, -0.05) is 7.43 Å². The molecule has 0 aromatic rings. The smallest absolute Gasteiger partial charge is 0.264 e. The van der Waals surface area contributed by atoms with Gasteiger partial charge in [0.25, 0.3) is 7.28 Å². The second kappa shape index (κ2) is 11.3. The summed E-state index contributed by atoms with van der Waals surface area (Å²) < 4.78 is 4.86. The second-order valence-corrected chi connectivity index (χ2v) is 2.48. The summed E-state index contributed by atoms with van der Waals surface area (Å²) in [5.74, 6) is -0.494. The maximum atomic E-state index is 10.8. The molecular formula is C8H16BNO3Y-. The minimum absolute atomic E-state index is 0. The van der Waals surface area contributed by atoms with Crippen molar-refractivity contribution in [2.24, 2.45) is 0 Å².